The van der Waals surface area contributed by atoms with Crippen molar-refractivity contribution in [2.45, 2.75) is 98.3 Å². The molecule has 0 saturated carbocycles. The van der Waals surface area contributed by atoms with Crippen molar-refractivity contribution < 1.29 is 0 Å². The van der Waals surface area contributed by atoms with Crippen molar-refractivity contribution >= 4 is 0 Å². The molecule has 0 aliphatic carbocycles. The van der Waals surface area contributed by atoms with Gasteiger partial charge in [-0.15, -0.1) is 0 Å². The molecule has 0 radical (unpaired) electrons. The molecule has 0 spiro atoms. The van der Waals surface area contributed by atoms with E-state index in [1.165, 1.54) is 70.6 Å². The van der Waals surface area contributed by atoms with E-state index in [1.807, 2.05) is 0 Å². The van der Waals surface area contributed by atoms with Crippen molar-refractivity contribution in [1.29, 1.82) is 0 Å². The van der Waals surface area contributed by atoms with E-state index >= 15 is 0 Å². The lowest BCUT2D eigenvalue weighted by Gasteiger charge is -2.13. The van der Waals surface area contributed by atoms with Crippen molar-refractivity contribution in [2.75, 3.05) is 0 Å². The van der Waals surface area contributed by atoms with Gasteiger partial charge in [0.05, 0.1) is 0 Å². The molecule has 2 unspecified atom stereocenters. The molecule has 0 aromatic heterocycles. The van der Waals surface area contributed by atoms with Crippen LogP contribution in [0.1, 0.15) is 98.3 Å². The molecule has 17 heavy (non-hydrogen) atoms. The molecule has 0 saturated heterocycles. The first-order valence-corrected chi connectivity index (χ1v) is 8.20. The molecular formula is C17H36. The predicted octanol–water partition coefficient (Wildman–Crippen LogP) is 6.59. The molecule has 0 amide bonds. The van der Waals surface area contributed by atoms with Gasteiger partial charge in [0.2, 0.25) is 0 Å². The van der Waals surface area contributed by atoms with E-state index < -0.39 is 0 Å². The van der Waals surface area contributed by atoms with Gasteiger partial charge in [0.1, 0.15) is 0 Å². The molecule has 0 nitrogen and oxygen atoms in total. The normalized spacial score (nSPS) is 14.8. The van der Waals surface area contributed by atoms with Crippen molar-refractivity contribution in [3.63, 3.8) is 0 Å². The maximum absolute atomic E-state index is 2.45. The summed E-state index contributed by atoms with van der Waals surface area (Å²) < 4.78 is 0. The summed E-state index contributed by atoms with van der Waals surface area (Å²) in [5, 5.41) is 0. The van der Waals surface area contributed by atoms with Crippen LogP contribution in [0.15, 0.2) is 0 Å². The summed E-state index contributed by atoms with van der Waals surface area (Å²) in [7, 11) is 0. The summed E-state index contributed by atoms with van der Waals surface area (Å²) in [6.07, 6.45) is 15.8. The second kappa shape index (κ2) is 12.5. The summed E-state index contributed by atoms with van der Waals surface area (Å²) in [5.74, 6) is 1.90. The Labute approximate surface area is 111 Å². The highest BCUT2D eigenvalue weighted by molar-refractivity contribution is 4.57. The summed E-state index contributed by atoms with van der Waals surface area (Å²) in [4.78, 5) is 0. The van der Waals surface area contributed by atoms with Gasteiger partial charge in [0, 0.05) is 0 Å². The van der Waals surface area contributed by atoms with Gasteiger partial charge in [-0.1, -0.05) is 98.3 Å². The molecule has 0 heterocycles. The number of hydrogen-bond acceptors (Lipinski definition) is 0. The zero-order chi connectivity index (χ0) is 12.9. The van der Waals surface area contributed by atoms with Crippen molar-refractivity contribution in [3.05, 3.63) is 0 Å². The van der Waals surface area contributed by atoms with Crippen LogP contribution < -0.4 is 0 Å². The first kappa shape index (κ1) is 17.0. The highest BCUT2D eigenvalue weighted by Crippen LogP contribution is 2.19. The van der Waals surface area contributed by atoms with Gasteiger partial charge in [0.25, 0.3) is 0 Å². The van der Waals surface area contributed by atoms with Crippen LogP contribution in [0.25, 0.3) is 0 Å². The average Bonchev–Trinajstić information content (AvgIpc) is 2.33. The number of hydrogen-bond donors (Lipinski definition) is 0. The highest BCUT2D eigenvalue weighted by Gasteiger charge is 2.04. The second-order valence-electron chi connectivity index (χ2n) is 6.11. The van der Waals surface area contributed by atoms with Crippen LogP contribution in [0.3, 0.4) is 0 Å². The van der Waals surface area contributed by atoms with Gasteiger partial charge in [-0.3, -0.25) is 0 Å². The van der Waals surface area contributed by atoms with Gasteiger partial charge in [-0.05, 0) is 11.8 Å². The van der Waals surface area contributed by atoms with Crippen LogP contribution in [-0.4, -0.2) is 0 Å². The average molecular weight is 240 g/mol. The topological polar surface area (TPSA) is 0 Å². The Morgan fingerprint density at radius 3 is 1.76 bits per heavy atom. The molecule has 0 bridgehead atoms. The maximum atomic E-state index is 2.45. The lowest BCUT2D eigenvalue weighted by atomic mass is 9.93. The van der Waals surface area contributed by atoms with Crippen molar-refractivity contribution in [1.82, 2.24) is 0 Å². The summed E-state index contributed by atoms with van der Waals surface area (Å²) in [6.45, 7) is 9.44. The number of unbranched alkanes of at least 4 members (excludes halogenated alkanes) is 5. The fraction of sp³-hybridized carbons (Fsp3) is 1.00. The molecule has 0 N–H and O–H groups in total. The molecule has 0 aromatic carbocycles. The second-order valence-corrected chi connectivity index (χ2v) is 6.11. The van der Waals surface area contributed by atoms with Crippen LogP contribution in [0.2, 0.25) is 0 Å². The minimum absolute atomic E-state index is 0.941. The Morgan fingerprint density at radius 1 is 0.588 bits per heavy atom. The first-order chi connectivity index (χ1) is 8.20. The molecule has 0 rings (SSSR count). The molecular weight excluding hydrogens is 204 g/mol. The number of rotatable bonds is 12. The highest BCUT2D eigenvalue weighted by atomic mass is 14.1. The lowest BCUT2D eigenvalue weighted by Crippen LogP contribution is -1.98. The Bertz CT molecular complexity index is 139. The van der Waals surface area contributed by atoms with Crippen LogP contribution >= 0.6 is 0 Å². The molecule has 0 heteroatoms. The summed E-state index contributed by atoms with van der Waals surface area (Å²) in [6, 6.07) is 0. The quantitative estimate of drug-likeness (QED) is 0.338. The monoisotopic (exact) mass is 240 g/mol. The third-order valence-corrected chi connectivity index (χ3v) is 4.14. The van der Waals surface area contributed by atoms with E-state index in [4.69, 9.17) is 0 Å². The van der Waals surface area contributed by atoms with Crippen LogP contribution in [-0.2, 0) is 0 Å². The Hall–Kier alpha value is 0. The van der Waals surface area contributed by atoms with Crippen molar-refractivity contribution in [3.8, 4) is 0 Å². The molecule has 2 atom stereocenters. The van der Waals surface area contributed by atoms with Crippen LogP contribution in [0.5, 0.6) is 0 Å². The SMILES string of the molecule is CCCCCCCCC(C)CCCC(C)CC. The fourth-order valence-corrected chi connectivity index (χ4v) is 2.44. The molecule has 0 aliphatic heterocycles. The van der Waals surface area contributed by atoms with E-state index in [9.17, 15) is 0 Å². The van der Waals surface area contributed by atoms with E-state index in [0.717, 1.165) is 11.8 Å². The standard InChI is InChI=1S/C17H36/c1-5-7-8-9-10-11-13-17(4)15-12-14-16(3)6-2/h16-17H,5-15H2,1-4H3. The zero-order valence-corrected chi connectivity index (χ0v) is 12.9. The Balaban J connectivity index is 3.20. The zero-order valence-electron chi connectivity index (χ0n) is 12.9. The third-order valence-electron chi connectivity index (χ3n) is 4.14. The minimum Gasteiger partial charge on any atom is -0.0654 e. The largest absolute Gasteiger partial charge is 0.0654 e. The third kappa shape index (κ3) is 12.2. The fourth-order valence-electron chi connectivity index (χ4n) is 2.44. The van der Waals surface area contributed by atoms with Crippen molar-refractivity contribution in [2.24, 2.45) is 11.8 Å². The smallest absolute Gasteiger partial charge is 0.0443 e. The molecule has 0 aromatic rings. The summed E-state index contributed by atoms with van der Waals surface area (Å²) >= 11 is 0. The van der Waals surface area contributed by atoms with Gasteiger partial charge in [-0.2, -0.15) is 0 Å². The lowest BCUT2D eigenvalue weighted by molar-refractivity contribution is 0.405. The molecule has 104 valence electrons. The Kier molecular flexibility index (Phi) is 12.5. The first-order valence-electron chi connectivity index (χ1n) is 8.20. The van der Waals surface area contributed by atoms with E-state index in [-0.39, 0.29) is 0 Å². The maximum Gasteiger partial charge on any atom is -0.0443 e. The van der Waals surface area contributed by atoms with Crippen LogP contribution in [0, 0.1) is 11.8 Å². The van der Waals surface area contributed by atoms with Gasteiger partial charge < -0.3 is 0 Å². The van der Waals surface area contributed by atoms with Crippen LogP contribution in [0.4, 0.5) is 0 Å². The Morgan fingerprint density at radius 2 is 1.12 bits per heavy atom. The molecule has 0 fully saturated rings. The molecule has 0 aliphatic rings. The van der Waals surface area contributed by atoms with E-state index in [1.54, 1.807) is 0 Å². The predicted molar refractivity (Wildman–Crippen MR) is 80.5 cm³/mol. The summed E-state index contributed by atoms with van der Waals surface area (Å²) in [5.41, 5.74) is 0. The van der Waals surface area contributed by atoms with Gasteiger partial charge >= 0.3 is 0 Å². The van der Waals surface area contributed by atoms with E-state index in [2.05, 4.69) is 27.7 Å². The van der Waals surface area contributed by atoms with E-state index in [0.29, 0.717) is 0 Å². The minimum atomic E-state index is 0.941. The van der Waals surface area contributed by atoms with Gasteiger partial charge in [0.15, 0.2) is 0 Å². The van der Waals surface area contributed by atoms with Gasteiger partial charge in [-0.25, -0.2) is 0 Å².